The van der Waals surface area contributed by atoms with E-state index in [-0.39, 0.29) is 11.7 Å². The Hall–Kier alpha value is -1.28. The number of aromatic hydroxyl groups is 1. The van der Waals surface area contributed by atoms with Gasteiger partial charge in [-0.1, -0.05) is 25.1 Å². The Labute approximate surface area is 78.2 Å². The maximum Gasteiger partial charge on any atom is 0.115 e. The van der Waals surface area contributed by atoms with Gasteiger partial charge in [0.2, 0.25) is 0 Å². The molecule has 0 aromatic heterocycles. The van der Waals surface area contributed by atoms with Crippen LogP contribution in [0.5, 0.6) is 5.75 Å². The summed E-state index contributed by atoms with van der Waals surface area (Å²) < 4.78 is 0. The molecule has 0 fully saturated rings. The lowest BCUT2D eigenvalue weighted by molar-refractivity contribution is 0.139. The molecule has 0 aliphatic heterocycles. The van der Waals surface area contributed by atoms with Crippen molar-refractivity contribution in [3.63, 3.8) is 0 Å². The molecule has 1 aromatic rings. The first-order valence-electron chi connectivity index (χ1n) is 4.24. The van der Waals surface area contributed by atoms with Crippen LogP contribution in [0.1, 0.15) is 18.6 Å². The van der Waals surface area contributed by atoms with Crippen LogP contribution in [0.3, 0.4) is 0 Å². The summed E-state index contributed by atoms with van der Waals surface area (Å²) >= 11 is 0. The van der Waals surface area contributed by atoms with Gasteiger partial charge in [0.15, 0.2) is 0 Å². The van der Waals surface area contributed by atoms with E-state index in [1.165, 1.54) is 0 Å². The Morgan fingerprint density at radius 1 is 1.46 bits per heavy atom. The molecule has 0 aliphatic carbocycles. The van der Waals surface area contributed by atoms with Crippen LogP contribution in [0.25, 0.3) is 0 Å². The van der Waals surface area contributed by atoms with Gasteiger partial charge in [-0.2, -0.15) is 0 Å². The van der Waals surface area contributed by atoms with Gasteiger partial charge in [-0.3, -0.25) is 0 Å². The number of aliphatic hydroxyl groups excluding tert-OH is 1. The first-order valence-corrected chi connectivity index (χ1v) is 4.24. The molecule has 2 unspecified atom stereocenters. The fourth-order valence-corrected chi connectivity index (χ4v) is 1.14. The largest absolute Gasteiger partial charge is 0.508 e. The van der Waals surface area contributed by atoms with Gasteiger partial charge in [-0.15, -0.1) is 6.58 Å². The quantitative estimate of drug-likeness (QED) is 0.697. The number of phenolic OH excluding ortho intramolecular Hbond substituents is 1. The van der Waals surface area contributed by atoms with E-state index in [2.05, 4.69) is 6.58 Å². The number of hydrogen-bond donors (Lipinski definition) is 2. The van der Waals surface area contributed by atoms with E-state index in [4.69, 9.17) is 0 Å². The van der Waals surface area contributed by atoms with Crippen LogP contribution in [0.15, 0.2) is 36.9 Å². The second kappa shape index (κ2) is 4.10. The standard InChI is InChI=1S/C11H14O2/c1-3-8(2)11(13)9-5-4-6-10(12)7-9/h3-8,11-13H,1H2,2H3. The van der Waals surface area contributed by atoms with E-state index in [0.29, 0.717) is 5.56 Å². The minimum atomic E-state index is -0.593. The van der Waals surface area contributed by atoms with Gasteiger partial charge in [0.1, 0.15) is 5.75 Å². The van der Waals surface area contributed by atoms with Crippen molar-refractivity contribution >= 4 is 0 Å². The molecular weight excluding hydrogens is 164 g/mol. The maximum absolute atomic E-state index is 9.73. The van der Waals surface area contributed by atoms with Gasteiger partial charge >= 0.3 is 0 Å². The molecule has 0 amide bonds. The Bertz CT molecular complexity index is 294. The average molecular weight is 178 g/mol. The summed E-state index contributed by atoms with van der Waals surface area (Å²) in [6, 6.07) is 6.63. The topological polar surface area (TPSA) is 40.5 Å². The molecule has 2 atom stereocenters. The third kappa shape index (κ3) is 2.33. The number of rotatable bonds is 3. The molecular formula is C11H14O2. The van der Waals surface area contributed by atoms with Crippen LogP contribution in [0, 0.1) is 5.92 Å². The monoisotopic (exact) mass is 178 g/mol. The molecule has 0 heterocycles. The van der Waals surface area contributed by atoms with Gasteiger partial charge < -0.3 is 10.2 Å². The fourth-order valence-electron chi connectivity index (χ4n) is 1.14. The summed E-state index contributed by atoms with van der Waals surface area (Å²) in [6.45, 7) is 5.48. The molecule has 2 heteroatoms. The van der Waals surface area contributed by atoms with Crippen molar-refractivity contribution in [3.8, 4) is 5.75 Å². The van der Waals surface area contributed by atoms with Crippen molar-refractivity contribution in [1.29, 1.82) is 0 Å². The van der Waals surface area contributed by atoms with Gasteiger partial charge in [0.25, 0.3) is 0 Å². The summed E-state index contributed by atoms with van der Waals surface area (Å²) in [5.74, 6) is 0.162. The van der Waals surface area contributed by atoms with Crippen LogP contribution in [0.2, 0.25) is 0 Å². The Morgan fingerprint density at radius 2 is 2.15 bits per heavy atom. The maximum atomic E-state index is 9.73. The SMILES string of the molecule is C=CC(C)C(O)c1cccc(O)c1. The van der Waals surface area contributed by atoms with Crippen molar-refractivity contribution in [3.05, 3.63) is 42.5 Å². The Kier molecular flexibility index (Phi) is 3.09. The van der Waals surface area contributed by atoms with E-state index < -0.39 is 6.10 Å². The van der Waals surface area contributed by atoms with E-state index in [9.17, 15) is 10.2 Å². The van der Waals surface area contributed by atoms with Gasteiger partial charge in [0.05, 0.1) is 6.10 Å². The molecule has 1 rings (SSSR count). The highest BCUT2D eigenvalue weighted by Crippen LogP contribution is 2.24. The number of hydrogen-bond acceptors (Lipinski definition) is 2. The first kappa shape index (κ1) is 9.81. The molecule has 2 nitrogen and oxygen atoms in total. The van der Waals surface area contributed by atoms with E-state index in [0.717, 1.165) is 0 Å². The lowest BCUT2D eigenvalue weighted by Gasteiger charge is -2.15. The Balaban J connectivity index is 2.88. The van der Waals surface area contributed by atoms with E-state index in [1.54, 1.807) is 30.3 Å². The molecule has 1 aromatic carbocycles. The molecule has 0 spiro atoms. The highest BCUT2D eigenvalue weighted by atomic mass is 16.3. The van der Waals surface area contributed by atoms with Crippen LogP contribution >= 0.6 is 0 Å². The Morgan fingerprint density at radius 3 is 2.69 bits per heavy atom. The fraction of sp³-hybridized carbons (Fsp3) is 0.273. The summed E-state index contributed by atoms with van der Waals surface area (Å²) in [6.07, 6.45) is 1.10. The summed E-state index contributed by atoms with van der Waals surface area (Å²) in [5.41, 5.74) is 0.715. The van der Waals surface area contributed by atoms with Gasteiger partial charge in [-0.05, 0) is 17.7 Å². The first-order chi connectivity index (χ1) is 6.15. The minimum Gasteiger partial charge on any atom is -0.508 e. The highest BCUT2D eigenvalue weighted by molar-refractivity contribution is 5.29. The molecule has 70 valence electrons. The van der Waals surface area contributed by atoms with Crippen molar-refractivity contribution < 1.29 is 10.2 Å². The van der Waals surface area contributed by atoms with Crippen LogP contribution in [-0.2, 0) is 0 Å². The lowest BCUT2D eigenvalue weighted by atomic mass is 9.97. The number of phenols is 1. The second-order valence-corrected chi connectivity index (χ2v) is 3.13. The van der Waals surface area contributed by atoms with Crippen molar-refractivity contribution in [2.45, 2.75) is 13.0 Å². The molecule has 13 heavy (non-hydrogen) atoms. The summed E-state index contributed by atoms with van der Waals surface area (Å²) in [7, 11) is 0. The van der Waals surface area contributed by atoms with Crippen LogP contribution in [-0.4, -0.2) is 10.2 Å². The third-order valence-electron chi connectivity index (χ3n) is 2.08. The smallest absolute Gasteiger partial charge is 0.115 e. The number of benzene rings is 1. The van der Waals surface area contributed by atoms with E-state index in [1.807, 2.05) is 6.92 Å². The zero-order valence-electron chi connectivity index (χ0n) is 7.64. The van der Waals surface area contributed by atoms with Crippen LogP contribution < -0.4 is 0 Å². The summed E-state index contributed by atoms with van der Waals surface area (Å²) in [4.78, 5) is 0. The predicted molar refractivity (Wildman–Crippen MR) is 52.4 cm³/mol. The second-order valence-electron chi connectivity index (χ2n) is 3.13. The lowest BCUT2D eigenvalue weighted by Crippen LogP contribution is -2.05. The van der Waals surface area contributed by atoms with Gasteiger partial charge in [0, 0.05) is 5.92 Å². The molecule has 2 N–H and O–H groups in total. The molecule has 0 bridgehead atoms. The van der Waals surface area contributed by atoms with Crippen molar-refractivity contribution in [1.82, 2.24) is 0 Å². The molecule has 0 saturated heterocycles. The van der Waals surface area contributed by atoms with Crippen molar-refractivity contribution in [2.24, 2.45) is 5.92 Å². The molecule has 0 radical (unpaired) electrons. The van der Waals surface area contributed by atoms with Crippen LogP contribution in [0.4, 0.5) is 0 Å². The third-order valence-corrected chi connectivity index (χ3v) is 2.08. The number of aliphatic hydroxyl groups is 1. The molecule has 0 aliphatic rings. The van der Waals surface area contributed by atoms with Gasteiger partial charge in [-0.25, -0.2) is 0 Å². The molecule has 0 saturated carbocycles. The zero-order valence-corrected chi connectivity index (χ0v) is 7.64. The van der Waals surface area contributed by atoms with Crippen molar-refractivity contribution in [2.75, 3.05) is 0 Å². The minimum absolute atomic E-state index is 0.0122. The zero-order chi connectivity index (χ0) is 9.84. The average Bonchev–Trinajstić information content (AvgIpc) is 2.15. The van der Waals surface area contributed by atoms with E-state index >= 15 is 0 Å². The normalized spacial score (nSPS) is 14.9. The highest BCUT2D eigenvalue weighted by Gasteiger charge is 2.13. The predicted octanol–water partition coefficient (Wildman–Crippen LogP) is 2.25. The summed E-state index contributed by atoms with van der Waals surface area (Å²) in [5, 5.41) is 18.9.